The van der Waals surface area contributed by atoms with Crippen molar-refractivity contribution in [1.29, 1.82) is 0 Å². The van der Waals surface area contributed by atoms with Crippen molar-refractivity contribution >= 4 is 23.3 Å². The van der Waals surface area contributed by atoms with Gasteiger partial charge in [-0.15, -0.1) is 11.8 Å². The van der Waals surface area contributed by atoms with Crippen molar-refractivity contribution in [2.75, 3.05) is 5.43 Å². The Kier molecular flexibility index (Phi) is 4.49. The van der Waals surface area contributed by atoms with E-state index in [0.29, 0.717) is 17.4 Å². The van der Waals surface area contributed by atoms with Crippen molar-refractivity contribution in [3.05, 3.63) is 52.0 Å². The van der Waals surface area contributed by atoms with Crippen LogP contribution in [-0.4, -0.2) is 14.9 Å². The van der Waals surface area contributed by atoms with Crippen LogP contribution in [0.25, 0.3) is 0 Å². The van der Waals surface area contributed by atoms with Gasteiger partial charge in [-0.05, 0) is 19.1 Å². The zero-order valence-corrected chi connectivity index (χ0v) is 11.6. The van der Waals surface area contributed by atoms with E-state index in [-0.39, 0.29) is 5.69 Å². The minimum atomic E-state index is -0.419. The van der Waals surface area contributed by atoms with E-state index < -0.39 is 4.92 Å². The highest BCUT2D eigenvalue weighted by molar-refractivity contribution is 7.98. The fourth-order valence-electron chi connectivity index (χ4n) is 1.58. The number of aryl methyl sites for hydroxylation is 1. The van der Waals surface area contributed by atoms with Gasteiger partial charge in [0.05, 0.1) is 10.7 Å². The molecule has 2 rings (SSSR count). The molecule has 1 aromatic carbocycles. The first-order valence-corrected chi connectivity index (χ1v) is 6.75. The lowest BCUT2D eigenvalue weighted by Gasteiger charge is -2.05. The smallest absolute Gasteiger partial charge is 0.269 e. The molecule has 0 atom stereocenters. The normalized spacial score (nSPS) is 10.3. The van der Waals surface area contributed by atoms with E-state index >= 15 is 0 Å². The molecule has 0 aliphatic rings. The number of anilines is 1. The van der Waals surface area contributed by atoms with Gasteiger partial charge in [0, 0.05) is 28.8 Å². The third-order valence-electron chi connectivity index (χ3n) is 2.46. The summed E-state index contributed by atoms with van der Waals surface area (Å²) in [4.78, 5) is 19.6. The number of nitrogens with one attached hydrogen (secondary N) is 1. The Bertz CT molecular complexity index is 618. The van der Waals surface area contributed by atoms with Gasteiger partial charge in [0.2, 0.25) is 0 Å². The van der Waals surface area contributed by atoms with Crippen LogP contribution < -0.4 is 11.3 Å². The average molecular weight is 291 g/mol. The van der Waals surface area contributed by atoms with Crippen molar-refractivity contribution in [2.24, 2.45) is 5.84 Å². The molecule has 1 aromatic heterocycles. The second-order valence-corrected chi connectivity index (χ2v) is 5.04. The summed E-state index contributed by atoms with van der Waals surface area (Å²) in [5.74, 6) is 7.11. The number of nitro groups is 1. The quantitative estimate of drug-likeness (QED) is 0.376. The lowest BCUT2D eigenvalue weighted by Crippen LogP contribution is -2.10. The molecule has 104 valence electrons. The number of nitrogens with two attached hydrogens (primary N) is 1. The van der Waals surface area contributed by atoms with Crippen molar-refractivity contribution in [2.45, 2.75) is 17.6 Å². The molecular formula is C12H13N5O2S. The van der Waals surface area contributed by atoms with Crippen molar-refractivity contribution < 1.29 is 4.92 Å². The van der Waals surface area contributed by atoms with Crippen LogP contribution in [0, 0.1) is 17.0 Å². The Morgan fingerprint density at radius 3 is 2.65 bits per heavy atom. The minimum Gasteiger partial charge on any atom is -0.308 e. The molecule has 0 saturated carbocycles. The minimum absolute atomic E-state index is 0.0794. The monoisotopic (exact) mass is 291 g/mol. The maximum atomic E-state index is 10.6. The highest BCUT2D eigenvalue weighted by Gasteiger charge is 2.06. The van der Waals surface area contributed by atoms with Gasteiger partial charge >= 0.3 is 0 Å². The molecule has 20 heavy (non-hydrogen) atoms. The molecule has 0 spiro atoms. The second-order valence-electron chi connectivity index (χ2n) is 3.99. The number of benzene rings is 1. The maximum Gasteiger partial charge on any atom is 0.269 e. The van der Waals surface area contributed by atoms with E-state index in [9.17, 15) is 10.1 Å². The first kappa shape index (κ1) is 14.2. The molecule has 0 radical (unpaired) electrons. The first-order valence-electron chi connectivity index (χ1n) is 5.77. The number of rotatable bonds is 5. The zero-order valence-electron chi connectivity index (χ0n) is 10.7. The highest BCUT2D eigenvalue weighted by Crippen LogP contribution is 2.24. The van der Waals surface area contributed by atoms with Crippen LogP contribution in [0.3, 0.4) is 0 Å². The van der Waals surface area contributed by atoms with E-state index in [1.165, 1.54) is 23.9 Å². The summed E-state index contributed by atoms with van der Waals surface area (Å²) in [6.45, 7) is 1.86. The van der Waals surface area contributed by atoms with Gasteiger partial charge < -0.3 is 5.43 Å². The summed E-state index contributed by atoms with van der Waals surface area (Å²) >= 11 is 1.51. The van der Waals surface area contributed by atoms with Crippen molar-refractivity contribution in [3.63, 3.8) is 0 Å². The largest absolute Gasteiger partial charge is 0.308 e. The molecule has 8 heteroatoms. The molecule has 0 saturated heterocycles. The fourth-order valence-corrected chi connectivity index (χ4v) is 2.33. The number of nitrogens with zero attached hydrogens (tertiary/aromatic N) is 3. The third kappa shape index (κ3) is 3.65. The number of non-ortho nitro benzene ring substituents is 1. The Labute approximate surface area is 119 Å². The molecule has 0 bridgehead atoms. The van der Waals surface area contributed by atoms with Crippen LogP contribution in [0.1, 0.15) is 11.5 Å². The Morgan fingerprint density at radius 1 is 1.35 bits per heavy atom. The lowest BCUT2D eigenvalue weighted by atomic mass is 10.3. The fraction of sp³-hybridized carbons (Fsp3) is 0.167. The van der Waals surface area contributed by atoms with Gasteiger partial charge in [-0.25, -0.2) is 15.8 Å². The Hall–Kier alpha value is -2.19. The lowest BCUT2D eigenvalue weighted by molar-refractivity contribution is -0.384. The molecule has 1 heterocycles. The number of thioether (sulfide) groups is 1. The number of aromatic nitrogens is 2. The van der Waals surface area contributed by atoms with Gasteiger partial charge in [0.1, 0.15) is 11.6 Å². The van der Waals surface area contributed by atoms with Crippen LogP contribution in [0.4, 0.5) is 11.5 Å². The predicted molar refractivity (Wildman–Crippen MR) is 77.2 cm³/mol. The average Bonchev–Trinajstić information content (AvgIpc) is 2.45. The third-order valence-corrected chi connectivity index (χ3v) is 3.47. The zero-order chi connectivity index (χ0) is 14.5. The predicted octanol–water partition coefficient (Wildman–Crippen LogP) is 2.27. The van der Waals surface area contributed by atoms with E-state index in [0.717, 1.165) is 10.6 Å². The van der Waals surface area contributed by atoms with Crippen LogP contribution in [0.2, 0.25) is 0 Å². The van der Waals surface area contributed by atoms with E-state index in [4.69, 9.17) is 5.84 Å². The summed E-state index contributed by atoms with van der Waals surface area (Å²) in [5, 5.41) is 10.6. The highest BCUT2D eigenvalue weighted by atomic mass is 32.2. The van der Waals surface area contributed by atoms with E-state index in [1.807, 2.05) is 6.92 Å². The van der Waals surface area contributed by atoms with Gasteiger partial charge in [-0.3, -0.25) is 10.1 Å². The molecule has 7 nitrogen and oxygen atoms in total. The van der Waals surface area contributed by atoms with Crippen molar-refractivity contribution in [1.82, 2.24) is 9.97 Å². The number of hydrazine groups is 1. The van der Waals surface area contributed by atoms with Crippen molar-refractivity contribution in [3.8, 4) is 0 Å². The van der Waals surface area contributed by atoms with Crippen LogP contribution >= 0.6 is 11.8 Å². The molecular weight excluding hydrogens is 278 g/mol. The summed E-state index contributed by atoms with van der Waals surface area (Å²) in [6, 6.07) is 8.13. The SMILES string of the molecule is Cc1cc(NN)nc(CSc2ccc([N+](=O)[O-])cc2)n1. The second kappa shape index (κ2) is 6.31. The molecule has 3 N–H and O–H groups in total. The maximum absolute atomic E-state index is 10.6. The standard InChI is InChI=1S/C12H13N5O2S/c1-8-6-11(16-13)15-12(14-8)7-20-10-4-2-9(3-5-10)17(18)19/h2-6H,7,13H2,1H3,(H,14,15,16). The Morgan fingerprint density at radius 2 is 2.05 bits per heavy atom. The summed E-state index contributed by atoms with van der Waals surface area (Å²) < 4.78 is 0. The molecule has 0 aliphatic carbocycles. The number of nitrogen functional groups attached to an aromatic ring is 1. The van der Waals surface area contributed by atoms with Crippen LogP contribution in [0.5, 0.6) is 0 Å². The number of hydrogen-bond acceptors (Lipinski definition) is 7. The van der Waals surface area contributed by atoms with Crippen LogP contribution in [0.15, 0.2) is 35.2 Å². The van der Waals surface area contributed by atoms with Gasteiger partial charge in [-0.2, -0.15) is 0 Å². The molecule has 0 aliphatic heterocycles. The molecule has 0 unspecified atom stereocenters. The number of nitro benzene ring substituents is 1. The topological polar surface area (TPSA) is 107 Å². The summed E-state index contributed by atoms with van der Waals surface area (Å²) in [5.41, 5.74) is 3.40. The Balaban J connectivity index is 2.04. The first-order chi connectivity index (χ1) is 9.58. The van der Waals surface area contributed by atoms with E-state index in [1.54, 1.807) is 18.2 Å². The van der Waals surface area contributed by atoms with Gasteiger partial charge in [0.25, 0.3) is 5.69 Å². The molecule has 0 amide bonds. The van der Waals surface area contributed by atoms with Crippen LogP contribution in [-0.2, 0) is 5.75 Å². The molecule has 0 fully saturated rings. The summed E-state index contributed by atoms with van der Waals surface area (Å²) in [6.07, 6.45) is 0. The summed E-state index contributed by atoms with van der Waals surface area (Å²) in [7, 11) is 0. The van der Waals surface area contributed by atoms with Gasteiger partial charge in [-0.1, -0.05) is 0 Å². The molecule has 2 aromatic rings. The van der Waals surface area contributed by atoms with Gasteiger partial charge in [0.15, 0.2) is 0 Å². The number of hydrogen-bond donors (Lipinski definition) is 2. The van der Waals surface area contributed by atoms with E-state index in [2.05, 4.69) is 15.4 Å².